The van der Waals surface area contributed by atoms with Crippen LogP contribution in [-0.2, 0) is 14.8 Å². The van der Waals surface area contributed by atoms with Crippen LogP contribution in [-0.4, -0.2) is 54.0 Å². The van der Waals surface area contributed by atoms with Gasteiger partial charge in [-0.15, -0.1) is 0 Å². The number of nitrogen functional groups attached to an aromatic ring is 1. The van der Waals surface area contributed by atoms with Crippen molar-refractivity contribution in [3.8, 4) is 0 Å². The van der Waals surface area contributed by atoms with Crippen LogP contribution in [0.2, 0.25) is 0 Å². The Hall–Kier alpha value is -3.24. The van der Waals surface area contributed by atoms with Crippen molar-refractivity contribution in [1.82, 2.24) is 9.62 Å². The standard InChI is InChI=1S/C32H44N4O4S/c1-23(2)36(41(39,40)28-19-17-26(33)18-20-28)27(22-37)16-11-21-32(3,4)35-31(38)30(34)29(24-12-7-5-8-13-24)25-14-9-6-10-15-25/h5-10,12-15,17-20,23,27,29-30,37H,11,16,21-22,33-34H2,1-4H3,(H,35,38)/t27-,30-/m0/s1. The maximum Gasteiger partial charge on any atom is 0.243 e. The average Bonchev–Trinajstić information content (AvgIpc) is 2.93. The quantitative estimate of drug-likeness (QED) is 0.210. The first-order chi connectivity index (χ1) is 19.4. The van der Waals surface area contributed by atoms with Gasteiger partial charge in [0.1, 0.15) is 0 Å². The summed E-state index contributed by atoms with van der Waals surface area (Å²) in [6.45, 7) is 7.12. The van der Waals surface area contributed by atoms with Crippen LogP contribution in [0, 0.1) is 0 Å². The van der Waals surface area contributed by atoms with Gasteiger partial charge in [-0.2, -0.15) is 4.31 Å². The first-order valence-electron chi connectivity index (χ1n) is 14.0. The van der Waals surface area contributed by atoms with Gasteiger partial charge >= 0.3 is 0 Å². The predicted octanol–water partition coefficient (Wildman–Crippen LogP) is 4.25. The highest BCUT2D eigenvalue weighted by molar-refractivity contribution is 7.89. The smallest absolute Gasteiger partial charge is 0.243 e. The van der Waals surface area contributed by atoms with Gasteiger partial charge in [0.05, 0.1) is 17.5 Å². The van der Waals surface area contributed by atoms with Crippen molar-refractivity contribution in [2.75, 3.05) is 12.3 Å². The zero-order valence-electron chi connectivity index (χ0n) is 24.4. The Balaban J connectivity index is 1.69. The largest absolute Gasteiger partial charge is 0.399 e. The molecule has 0 aliphatic rings. The molecule has 41 heavy (non-hydrogen) atoms. The van der Waals surface area contributed by atoms with Gasteiger partial charge in [0.25, 0.3) is 0 Å². The molecule has 8 nitrogen and oxygen atoms in total. The third-order valence-corrected chi connectivity index (χ3v) is 9.46. The molecule has 0 aliphatic carbocycles. The summed E-state index contributed by atoms with van der Waals surface area (Å²) in [5, 5.41) is 13.3. The van der Waals surface area contributed by atoms with Gasteiger partial charge in [-0.05, 0) is 82.3 Å². The van der Waals surface area contributed by atoms with E-state index in [9.17, 15) is 18.3 Å². The molecule has 0 spiro atoms. The lowest BCUT2D eigenvalue weighted by Gasteiger charge is -2.34. The molecule has 3 aromatic rings. The van der Waals surface area contributed by atoms with Crippen molar-refractivity contribution >= 4 is 21.6 Å². The van der Waals surface area contributed by atoms with E-state index in [1.54, 1.807) is 26.0 Å². The van der Waals surface area contributed by atoms with Crippen LogP contribution in [0.5, 0.6) is 0 Å². The maximum absolute atomic E-state index is 13.5. The lowest BCUT2D eigenvalue weighted by molar-refractivity contribution is -0.124. The van der Waals surface area contributed by atoms with Crippen molar-refractivity contribution in [2.24, 2.45) is 5.73 Å². The Morgan fingerprint density at radius 1 is 0.927 bits per heavy atom. The van der Waals surface area contributed by atoms with E-state index in [-0.39, 0.29) is 29.4 Å². The van der Waals surface area contributed by atoms with Crippen molar-refractivity contribution < 1.29 is 18.3 Å². The number of nitrogens with zero attached hydrogens (tertiary/aromatic N) is 1. The van der Waals surface area contributed by atoms with Gasteiger partial charge in [-0.3, -0.25) is 4.79 Å². The fourth-order valence-electron chi connectivity index (χ4n) is 5.29. The maximum atomic E-state index is 13.5. The molecule has 3 rings (SSSR count). The molecule has 0 radical (unpaired) electrons. The van der Waals surface area contributed by atoms with Crippen LogP contribution in [0.15, 0.2) is 89.8 Å². The second-order valence-corrected chi connectivity index (χ2v) is 13.3. The summed E-state index contributed by atoms with van der Waals surface area (Å²) < 4.78 is 28.3. The highest BCUT2D eigenvalue weighted by atomic mass is 32.2. The Labute approximate surface area is 244 Å². The Morgan fingerprint density at radius 3 is 1.90 bits per heavy atom. The number of aliphatic hydroxyl groups is 1. The lowest BCUT2D eigenvalue weighted by atomic mass is 9.84. The molecule has 3 aromatic carbocycles. The minimum Gasteiger partial charge on any atom is -0.399 e. The Kier molecular flexibility index (Phi) is 11.1. The molecule has 222 valence electrons. The second kappa shape index (κ2) is 14.1. The fourth-order valence-corrected chi connectivity index (χ4v) is 7.14. The molecule has 0 unspecified atom stereocenters. The molecular formula is C32H44N4O4S. The van der Waals surface area contributed by atoms with E-state index in [1.165, 1.54) is 16.4 Å². The number of anilines is 1. The number of hydrogen-bond donors (Lipinski definition) is 4. The van der Waals surface area contributed by atoms with Gasteiger partial charge in [0, 0.05) is 29.2 Å². The van der Waals surface area contributed by atoms with Crippen molar-refractivity contribution in [3.63, 3.8) is 0 Å². The number of nitrogens with one attached hydrogen (secondary N) is 1. The second-order valence-electron chi connectivity index (χ2n) is 11.4. The predicted molar refractivity (Wildman–Crippen MR) is 165 cm³/mol. The number of sulfonamides is 1. The van der Waals surface area contributed by atoms with Crippen LogP contribution in [0.25, 0.3) is 0 Å². The molecule has 0 aromatic heterocycles. The summed E-state index contributed by atoms with van der Waals surface area (Å²) in [4.78, 5) is 13.6. The summed E-state index contributed by atoms with van der Waals surface area (Å²) in [6.07, 6.45) is 1.57. The molecule has 0 fully saturated rings. The van der Waals surface area contributed by atoms with E-state index < -0.39 is 27.6 Å². The molecular weight excluding hydrogens is 536 g/mol. The van der Waals surface area contributed by atoms with Crippen LogP contribution in [0.4, 0.5) is 5.69 Å². The van der Waals surface area contributed by atoms with Crippen molar-refractivity contribution in [2.45, 2.75) is 81.4 Å². The molecule has 9 heteroatoms. The van der Waals surface area contributed by atoms with E-state index >= 15 is 0 Å². The summed E-state index contributed by atoms with van der Waals surface area (Å²) in [6, 6.07) is 23.8. The highest BCUT2D eigenvalue weighted by Crippen LogP contribution is 2.29. The minimum absolute atomic E-state index is 0.131. The SMILES string of the molecule is CC(C)N([C@H](CO)CCCC(C)(C)NC(=O)[C@@H](N)C(c1ccccc1)c1ccccc1)S(=O)(=O)c1ccc(N)cc1. The van der Waals surface area contributed by atoms with Gasteiger partial charge in [0.2, 0.25) is 15.9 Å². The van der Waals surface area contributed by atoms with Gasteiger partial charge in [-0.25, -0.2) is 8.42 Å². The zero-order valence-corrected chi connectivity index (χ0v) is 25.2. The number of carbonyl (C=O) groups excluding carboxylic acids is 1. The van der Waals surface area contributed by atoms with Gasteiger partial charge in [-0.1, -0.05) is 60.7 Å². The van der Waals surface area contributed by atoms with Gasteiger partial charge < -0.3 is 21.9 Å². The normalized spacial score (nSPS) is 13.9. The zero-order chi connectivity index (χ0) is 30.2. The van der Waals surface area contributed by atoms with Crippen molar-refractivity contribution in [1.29, 1.82) is 0 Å². The summed E-state index contributed by atoms with van der Waals surface area (Å²) in [5.74, 6) is -0.578. The van der Waals surface area contributed by atoms with Crippen LogP contribution in [0.3, 0.4) is 0 Å². The van der Waals surface area contributed by atoms with E-state index in [0.29, 0.717) is 24.9 Å². The number of rotatable bonds is 14. The van der Waals surface area contributed by atoms with Gasteiger partial charge in [0.15, 0.2) is 0 Å². The Morgan fingerprint density at radius 2 is 1.44 bits per heavy atom. The molecule has 0 saturated heterocycles. The summed E-state index contributed by atoms with van der Waals surface area (Å²) >= 11 is 0. The van der Waals surface area contributed by atoms with E-state index in [1.807, 2.05) is 74.5 Å². The number of benzene rings is 3. The average molecular weight is 581 g/mol. The third kappa shape index (κ3) is 8.39. The molecule has 2 atom stereocenters. The number of hydrogen-bond acceptors (Lipinski definition) is 6. The summed E-state index contributed by atoms with van der Waals surface area (Å²) in [7, 11) is -3.86. The van der Waals surface area contributed by atoms with E-state index in [4.69, 9.17) is 11.5 Å². The molecule has 1 amide bonds. The molecule has 0 saturated carbocycles. The monoisotopic (exact) mass is 580 g/mol. The number of carbonyl (C=O) groups is 1. The molecule has 0 bridgehead atoms. The van der Waals surface area contributed by atoms with Crippen molar-refractivity contribution in [3.05, 3.63) is 96.1 Å². The molecule has 0 heterocycles. The molecule has 0 aliphatic heterocycles. The minimum atomic E-state index is -3.86. The topological polar surface area (TPSA) is 139 Å². The highest BCUT2D eigenvalue weighted by Gasteiger charge is 2.35. The molecule has 6 N–H and O–H groups in total. The lowest BCUT2D eigenvalue weighted by Crippen LogP contribution is -2.52. The number of nitrogens with two attached hydrogens (primary N) is 2. The third-order valence-electron chi connectivity index (χ3n) is 7.32. The number of aliphatic hydroxyl groups excluding tert-OH is 1. The first kappa shape index (κ1) is 32.3. The Bertz CT molecular complexity index is 1310. The van der Waals surface area contributed by atoms with Crippen LogP contribution >= 0.6 is 0 Å². The van der Waals surface area contributed by atoms with Crippen LogP contribution in [0.1, 0.15) is 64.0 Å². The van der Waals surface area contributed by atoms with E-state index in [0.717, 1.165) is 11.1 Å². The van der Waals surface area contributed by atoms with E-state index in [2.05, 4.69) is 5.32 Å². The first-order valence-corrected chi connectivity index (χ1v) is 15.5. The van der Waals surface area contributed by atoms with Crippen LogP contribution < -0.4 is 16.8 Å². The number of amides is 1. The fraction of sp³-hybridized carbons (Fsp3) is 0.406. The summed E-state index contributed by atoms with van der Waals surface area (Å²) in [5.41, 5.74) is 14.1.